The highest BCUT2D eigenvalue weighted by Crippen LogP contribution is 2.30. The zero-order chi connectivity index (χ0) is 20.3. The number of unbranched alkanes of at least 4 members (excludes halogenated alkanes) is 2. The lowest BCUT2D eigenvalue weighted by Gasteiger charge is -2.21. The zero-order valence-corrected chi connectivity index (χ0v) is 20.2. The standard InChI is InChI=1S/C27H29N3.HI/c28-19-21-14-15-24-22(17-21)18-26-27(29-24)23-12-6-7-13-25(23)30(26)16-8-2-5-11-20-9-3-1-4-10-20;/h6-7,12-15,17-18,20H,1-5,8-11,16H2;1H. The quantitative estimate of drug-likeness (QED) is 0.280. The van der Waals surface area contributed by atoms with E-state index in [2.05, 4.69) is 46.0 Å². The molecule has 0 radical (unpaired) electrons. The van der Waals surface area contributed by atoms with Crippen molar-refractivity contribution < 1.29 is 29.0 Å². The van der Waals surface area contributed by atoms with Crippen LogP contribution in [0.1, 0.15) is 63.4 Å². The summed E-state index contributed by atoms with van der Waals surface area (Å²) < 4.78 is 2.47. The molecule has 160 valence electrons. The lowest BCUT2D eigenvalue weighted by atomic mass is 9.85. The summed E-state index contributed by atoms with van der Waals surface area (Å²) in [5.74, 6) is 0.988. The third-order valence-electron chi connectivity index (χ3n) is 6.96. The summed E-state index contributed by atoms with van der Waals surface area (Å²) in [6.07, 6.45) is 12.6. The number of pyridine rings is 1. The monoisotopic (exact) mass is 523 g/mol. The van der Waals surface area contributed by atoms with Crippen LogP contribution >= 0.6 is 0 Å². The van der Waals surface area contributed by atoms with Crippen molar-refractivity contribution in [3.05, 3.63) is 54.1 Å². The molecule has 1 aliphatic carbocycles. The number of hydrogen-bond donors (Lipinski definition) is 0. The van der Waals surface area contributed by atoms with Gasteiger partial charge in [0.2, 0.25) is 11.0 Å². The molecular weight excluding hydrogens is 493 g/mol. The van der Waals surface area contributed by atoms with E-state index in [4.69, 9.17) is 0 Å². The van der Waals surface area contributed by atoms with Gasteiger partial charge in [-0.15, -0.1) is 0 Å². The average molecular weight is 523 g/mol. The highest BCUT2D eigenvalue weighted by molar-refractivity contribution is 6.06. The minimum atomic E-state index is 0. The minimum absolute atomic E-state index is 0. The maximum atomic E-state index is 9.27. The smallest absolute Gasteiger partial charge is 0.237 e. The predicted molar refractivity (Wildman–Crippen MR) is 123 cm³/mol. The highest BCUT2D eigenvalue weighted by atomic mass is 127. The first-order valence-corrected chi connectivity index (χ1v) is 11.6. The van der Waals surface area contributed by atoms with Crippen LogP contribution in [0.25, 0.3) is 32.8 Å². The number of benzene rings is 2. The number of aryl methyl sites for hydroxylation is 1. The average Bonchev–Trinajstić information content (AvgIpc) is 3.10. The maximum Gasteiger partial charge on any atom is 0.237 e. The molecular formula is C27H30IN3. The summed E-state index contributed by atoms with van der Waals surface area (Å²) >= 11 is 0. The van der Waals surface area contributed by atoms with Gasteiger partial charge in [-0.2, -0.15) is 5.26 Å². The molecule has 2 heterocycles. The van der Waals surface area contributed by atoms with Crippen LogP contribution in [0.15, 0.2) is 48.5 Å². The van der Waals surface area contributed by atoms with Crippen LogP contribution in [0.3, 0.4) is 0 Å². The molecule has 0 spiro atoms. The molecule has 4 heteroatoms. The molecule has 0 bridgehead atoms. The summed E-state index contributed by atoms with van der Waals surface area (Å²) in [4.78, 5) is 3.64. The number of aromatic nitrogens is 2. The van der Waals surface area contributed by atoms with E-state index in [-0.39, 0.29) is 24.0 Å². The summed E-state index contributed by atoms with van der Waals surface area (Å²) in [6, 6.07) is 19.1. The Balaban J connectivity index is 0.00000231. The second kappa shape index (κ2) is 9.99. The Bertz CT molecular complexity index is 1230. The fourth-order valence-corrected chi connectivity index (χ4v) is 5.35. The van der Waals surface area contributed by atoms with E-state index in [1.54, 1.807) is 0 Å². The van der Waals surface area contributed by atoms with E-state index in [9.17, 15) is 5.26 Å². The number of aromatic amines is 1. The summed E-state index contributed by atoms with van der Waals surface area (Å²) in [5.41, 5.74) is 5.53. The van der Waals surface area contributed by atoms with Crippen LogP contribution in [-0.2, 0) is 6.54 Å². The van der Waals surface area contributed by atoms with Crippen molar-refractivity contribution >= 4 is 32.8 Å². The Kier molecular flexibility index (Phi) is 7.12. The number of H-pyrrole nitrogens is 1. The predicted octanol–water partition coefficient (Wildman–Crippen LogP) is 3.78. The van der Waals surface area contributed by atoms with Gasteiger partial charge in [-0.3, -0.25) is 0 Å². The van der Waals surface area contributed by atoms with E-state index in [0.717, 1.165) is 23.4 Å². The second-order valence-electron chi connectivity index (χ2n) is 8.97. The number of nitrogens with zero attached hydrogens (tertiary/aromatic N) is 2. The first-order valence-electron chi connectivity index (χ1n) is 11.6. The molecule has 0 atom stereocenters. The third-order valence-corrected chi connectivity index (χ3v) is 6.96. The lowest BCUT2D eigenvalue weighted by Crippen LogP contribution is -3.00. The molecule has 0 aliphatic heterocycles. The van der Waals surface area contributed by atoms with Crippen LogP contribution in [-0.4, -0.2) is 4.57 Å². The van der Waals surface area contributed by atoms with Gasteiger partial charge in [0.25, 0.3) is 0 Å². The van der Waals surface area contributed by atoms with Crippen molar-refractivity contribution in [2.45, 2.75) is 64.3 Å². The fraction of sp³-hybridized carbons (Fsp3) is 0.407. The number of rotatable bonds is 6. The van der Waals surface area contributed by atoms with Crippen molar-refractivity contribution in [1.29, 1.82) is 5.26 Å². The van der Waals surface area contributed by atoms with E-state index in [1.807, 2.05) is 18.2 Å². The molecule has 1 saturated carbocycles. The lowest BCUT2D eigenvalue weighted by molar-refractivity contribution is -0.309. The number of para-hydroxylation sites is 1. The van der Waals surface area contributed by atoms with E-state index < -0.39 is 0 Å². The first-order chi connectivity index (χ1) is 14.8. The Morgan fingerprint density at radius 3 is 2.61 bits per heavy atom. The fourth-order valence-electron chi connectivity index (χ4n) is 5.35. The maximum absolute atomic E-state index is 9.27. The molecule has 3 nitrogen and oxygen atoms in total. The van der Waals surface area contributed by atoms with Crippen LogP contribution in [0.2, 0.25) is 0 Å². The molecule has 4 aromatic rings. The van der Waals surface area contributed by atoms with Crippen molar-refractivity contribution in [1.82, 2.24) is 4.57 Å². The van der Waals surface area contributed by atoms with Crippen molar-refractivity contribution in [2.75, 3.05) is 0 Å². The van der Waals surface area contributed by atoms with Gasteiger partial charge < -0.3 is 28.5 Å². The molecule has 0 amide bonds. The number of hydrogen-bond acceptors (Lipinski definition) is 1. The van der Waals surface area contributed by atoms with Crippen LogP contribution in [0.4, 0.5) is 0 Å². The third kappa shape index (κ3) is 4.57. The molecule has 2 aromatic heterocycles. The largest absolute Gasteiger partial charge is 1.00 e. The Morgan fingerprint density at radius 1 is 0.935 bits per heavy atom. The number of nitrogens with one attached hydrogen (secondary N) is 1. The normalized spacial score (nSPS) is 14.7. The van der Waals surface area contributed by atoms with Crippen LogP contribution in [0.5, 0.6) is 0 Å². The van der Waals surface area contributed by atoms with Gasteiger partial charge >= 0.3 is 0 Å². The Morgan fingerprint density at radius 2 is 1.77 bits per heavy atom. The van der Waals surface area contributed by atoms with E-state index in [0.29, 0.717) is 5.56 Å². The Labute approximate surface area is 201 Å². The van der Waals surface area contributed by atoms with Gasteiger partial charge in [-0.25, -0.2) is 4.98 Å². The number of halogens is 1. The summed E-state index contributed by atoms with van der Waals surface area (Å²) in [7, 11) is 0. The van der Waals surface area contributed by atoms with Crippen molar-refractivity contribution in [2.24, 2.45) is 5.92 Å². The summed E-state index contributed by atoms with van der Waals surface area (Å²) in [5, 5.41) is 11.7. The van der Waals surface area contributed by atoms with E-state index in [1.165, 1.54) is 79.7 Å². The number of fused-ring (bicyclic) bond motifs is 4. The van der Waals surface area contributed by atoms with Crippen molar-refractivity contribution in [3.63, 3.8) is 0 Å². The van der Waals surface area contributed by atoms with E-state index >= 15 is 0 Å². The zero-order valence-electron chi connectivity index (χ0n) is 18.0. The van der Waals surface area contributed by atoms with Gasteiger partial charge in [-0.05, 0) is 42.7 Å². The summed E-state index contributed by atoms with van der Waals surface area (Å²) in [6.45, 7) is 1.05. The second-order valence-corrected chi connectivity index (χ2v) is 8.97. The van der Waals surface area contributed by atoms with Gasteiger partial charge in [0.15, 0.2) is 0 Å². The molecule has 1 aliphatic rings. The van der Waals surface area contributed by atoms with Gasteiger partial charge in [-0.1, -0.05) is 63.5 Å². The minimum Gasteiger partial charge on any atom is -1.00 e. The molecule has 2 aromatic carbocycles. The van der Waals surface area contributed by atoms with Crippen LogP contribution in [0, 0.1) is 17.2 Å². The van der Waals surface area contributed by atoms with Gasteiger partial charge in [0.05, 0.1) is 22.5 Å². The van der Waals surface area contributed by atoms with Crippen LogP contribution < -0.4 is 29.0 Å². The molecule has 0 unspecified atom stereocenters. The SMILES string of the molecule is N#Cc1ccc2[nH+]c3c4ccccc4n(CCCCCC4CCCCC4)c3cc2c1.[I-]. The molecule has 1 N–H and O–H groups in total. The van der Waals surface area contributed by atoms with Crippen molar-refractivity contribution in [3.8, 4) is 6.07 Å². The highest BCUT2D eigenvalue weighted by Gasteiger charge is 2.18. The number of nitriles is 1. The van der Waals surface area contributed by atoms with Gasteiger partial charge in [0, 0.05) is 18.0 Å². The molecule has 0 saturated heterocycles. The first kappa shape index (κ1) is 22.1. The van der Waals surface area contributed by atoms with Gasteiger partial charge in [0.1, 0.15) is 5.52 Å². The molecule has 1 fully saturated rings. The Hall–Kier alpha value is -2.13. The topological polar surface area (TPSA) is 42.9 Å². The molecule has 5 rings (SSSR count). The molecule has 31 heavy (non-hydrogen) atoms.